The van der Waals surface area contributed by atoms with Crippen molar-refractivity contribution < 1.29 is 38.0 Å². The van der Waals surface area contributed by atoms with Crippen molar-refractivity contribution in [1.82, 2.24) is 0 Å². The van der Waals surface area contributed by atoms with Crippen molar-refractivity contribution >= 4 is 17.6 Å². The molecular weight excluding hydrogens is 476 g/mol. The predicted molar refractivity (Wildman–Crippen MR) is 126 cm³/mol. The van der Waals surface area contributed by atoms with E-state index in [4.69, 9.17) is 44.8 Å². The molecule has 3 unspecified atom stereocenters. The molecule has 0 amide bonds. The number of benzene rings is 1. The van der Waals surface area contributed by atoms with Crippen molar-refractivity contribution in [2.24, 2.45) is 5.92 Å². The largest absolute Gasteiger partial charge is 0.491 e. The first-order valence-corrected chi connectivity index (χ1v) is 13.3. The van der Waals surface area contributed by atoms with E-state index in [0.717, 1.165) is 38.5 Å². The lowest BCUT2D eigenvalue weighted by Gasteiger charge is -2.32. The third kappa shape index (κ3) is 6.87. The number of hydrogen-bond donors (Lipinski definition) is 0. The second-order valence-electron chi connectivity index (χ2n) is 9.72. The maximum Gasteiger partial charge on any atom is 0.306 e. The van der Waals surface area contributed by atoms with Gasteiger partial charge in [-0.15, -0.1) is 0 Å². The lowest BCUT2D eigenvalue weighted by molar-refractivity contribution is -0.226. The minimum Gasteiger partial charge on any atom is -0.491 e. The van der Waals surface area contributed by atoms with E-state index < -0.39 is 0 Å². The van der Waals surface area contributed by atoms with Gasteiger partial charge < -0.3 is 33.2 Å². The molecule has 0 radical (unpaired) electrons. The number of halogens is 1. The third-order valence-corrected chi connectivity index (χ3v) is 7.34. The zero-order valence-electron chi connectivity index (χ0n) is 20.0. The standard InChI is InChI=1S/C26H35ClO8/c27-17-7-9-18(10-8-17)31-15-19(33-24-5-1-3-11-29-24)16-32-26-20-13-23(28)34-21(20)14-22(26)35-25-6-2-4-12-30-25/h7-10,19-22,24-26H,1-6,11-16H2/t19?,20-,21-,22+,24?,25?,26+/m1/s1. The van der Waals surface area contributed by atoms with E-state index in [2.05, 4.69) is 0 Å². The average molecular weight is 511 g/mol. The van der Waals surface area contributed by atoms with Crippen LogP contribution in [-0.4, -0.2) is 69.4 Å². The van der Waals surface area contributed by atoms with Crippen LogP contribution in [0.5, 0.6) is 5.75 Å². The Bertz CT molecular complexity index is 808. The normalized spacial score (nSPS) is 33.8. The van der Waals surface area contributed by atoms with Gasteiger partial charge in [0.05, 0.1) is 25.2 Å². The minimum absolute atomic E-state index is 0.0279. The number of esters is 1. The predicted octanol–water partition coefficient (Wildman–Crippen LogP) is 4.26. The van der Waals surface area contributed by atoms with E-state index in [1.807, 2.05) is 12.1 Å². The van der Waals surface area contributed by atoms with Gasteiger partial charge in [0.2, 0.25) is 0 Å². The van der Waals surface area contributed by atoms with Crippen molar-refractivity contribution in [3.8, 4) is 5.75 Å². The minimum atomic E-state index is -0.350. The molecule has 1 aliphatic carbocycles. The van der Waals surface area contributed by atoms with Crippen molar-refractivity contribution in [3.63, 3.8) is 0 Å². The van der Waals surface area contributed by atoms with Gasteiger partial charge in [-0.3, -0.25) is 4.79 Å². The Kier molecular flexibility index (Phi) is 8.81. The summed E-state index contributed by atoms with van der Waals surface area (Å²) in [5.74, 6) is 0.509. The lowest BCUT2D eigenvalue weighted by Crippen LogP contribution is -2.40. The van der Waals surface area contributed by atoms with Crippen LogP contribution in [0.4, 0.5) is 0 Å². The molecule has 3 heterocycles. The summed E-state index contributed by atoms with van der Waals surface area (Å²) < 4.78 is 42.1. The number of ether oxygens (including phenoxy) is 7. The summed E-state index contributed by atoms with van der Waals surface area (Å²) in [6.45, 7) is 2.00. The van der Waals surface area contributed by atoms with Crippen LogP contribution in [-0.2, 0) is 33.2 Å². The van der Waals surface area contributed by atoms with Gasteiger partial charge in [0.1, 0.15) is 24.6 Å². The fourth-order valence-electron chi connectivity index (χ4n) is 5.29. The van der Waals surface area contributed by atoms with E-state index in [9.17, 15) is 4.79 Å². The molecule has 4 aliphatic rings. The Morgan fingerprint density at radius 3 is 2.43 bits per heavy atom. The van der Waals surface area contributed by atoms with Crippen LogP contribution in [0.25, 0.3) is 0 Å². The van der Waals surface area contributed by atoms with Crippen LogP contribution in [0.3, 0.4) is 0 Å². The molecule has 0 N–H and O–H groups in total. The summed E-state index contributed by atoms with van der Waals surface area (Å²) in [6.07, 6.45) is 5.46. The van der Waals surface area contributed by atoms with E-state index in [1.54, 1.807) is 12.1 Å². The molecule has 3 saturated heterocycles. The van der Waals surface area contributed by atoms with Crippen molar-refractivity contribution in [3.05, 3.63) is 29.3 Å². The van der Waals surface area contributed by atoms with E-state index in [0.29, 0.717) is 50.0 Å². The van der Waals surface area contributed by atoms with Crippen LogP contribution < -0.4 is 4.74 Å². The fraction of sp³-hybridized carbons (Fsp3) is 0.731. The molecule has 1 aromatic carbocycles. The Morgan fingerprint density at radius 1 is 0.971 bits per heavy atom. The summed E-state index contributed by atoms with van der Waals surface area (Å²) in [5, 5.41) is 0.654. The molecule has 9 heteroatoms. The van der Waals surface area contributed by atoms with Gasteiger partial charge in [-0.1, -0.05) is 11.6 Å². The van der Waals surface area contributed by atoms with Gasteiger partial charge in [-0.05, 0) is 62.8 Å². The zero-order valence-corrected chi connectivity index (χ0v) is 20.7. The van der Waals surface area contributed by atoms with Crippen LogP contribution in [0, 0.1) is 5.92 Å². The number of fused-ring (bicyclic) bond motifs is 1. The molecular formula is C26H35ClO8. The van der Waals surface area contributed by atoms with Gasteiger partial charge in [0, 0.05) is 30.6 Å². The Morgan fingerprint density at radius 2 is 1.71 bits per heavy atom. The van der Waals surface area contributed by atoms with Crippen LogP contribution in [0.1, 0.15) is 51.4 Å². The average Bonchev–Trinajstić information content (AvgIpc) is 3.38. The Labute approximate surface area is 211 Å². The second-order valence-corrected chi connectivity index (χ2v) is 10.2. The van der Waals surface area contributed by atoms with E-state index in [-0.39, 0.29) is 48.9 Å². The molecule has 4 fully saturated rings. The highest BCUT2D eigenvalue weighted by molar-refractivity contribution is 6.30. The van der Waals surface area contributed by atoms with Gasteiger partial charge in [-0.2, -0.15) is 0 Å². The Hall–Kier alpha value is -1.42. The first-order chi connectivity index (χ1) is 17.1. The van der Waals surface area contributed by atoms with Gasteiger partial charge >= 0.3 is 5.97 Å². The van der Waals surface area contributed by atoms with Crippen molar-refractivity contribution in [1.29, 1.82) is 0 Å². The molecule has 7 atom stereocenters. The molecule has 0 spiro atoms. The molecule has 8 nitrogen and oxygen atoms in total. The number of hydrogen-bond acceptors (Lipinski definition) is 8. The molecule has 1 saturated carbocycles. The number of carbonyl (C=O) groups is 1. The van der Waals surface area contributed by atoms with Crippen LogP contribution >= 0.6 is 11.6 Å². The van der Waals surface area contributed by atoms with Gasteiger partial charge in [0.25, 0.3) is 0 Å². The summed E-state index contributed by atoms with van der Waals surface area (Å²) in [7, 11) is 0. The lowest BCUT2D eigenvalue weighted by atomic mass is 10.0. The molecule has 3 aliphatic heterocycles. The van der Waals surface area contributed by atoms with Gasteiger partial charge in [-0.25, -0.2) is 0 Å². The topological polar surface area (TPSA) is 81.7 Å². The molecule has 5 rings (SSSR count). The molecule has 1 aromatic rings. The highest BCUT2D eigenvalue weighted by Crippen LogP contribution is 2.41. The Balaban J connectivity index is 1.22. The smallest absolute Gasteiger partial charge is 0.306 e. The molecule has 0 bridgehead atoms. The summed E-state index contributed by atoms with van der Waals surface area (Å²) >= 11 is 5.99. The first-order valence-electron chi connectivity index (χ1n) is 12.9. The van der Waals surface area contributed by atoms with Gasteiger partial charge in [0.15, 0.2) is 12.6 Å². The fourth-order valence-corrected chi connectivity index (χ4v) is 5.42. The van der Waals surface area contributed by atoms with Crippen LogP contribution in [0.15, 0.2) is 24.3 Å². The SMILES string of the molecule is O=C1C[C@H]2[C@H](OCC(COc3ccc(Cl)cc3)OC3CCCCO3)[C@@H](OC3CCCCO3)C[C@H]2O1. The highest BCUT2D eigenvalue weighted by Gasteiger charge is 2.52. The third-order valence-electron chi connectivity index (χ3n) is 7.09. The maximum absolute atomic E-state index is 12.0. The van der Waals surface area contributed by atoms with Crippen molar-refractivity contribution in [2.45, 2.75) is 88.4 Å². The zero-order chi connectivity index (χ0) is 24.0. The van der Waals surface area contributed by atoms with E-state index >= 15 is 0 Å². The summed E-state index contributed by atoms with van der Waals surface area (Å²) in [4.78, 5) is 12.0. The highest BCUT2D eigenvalue weighted by atomic mass is 35.5. The second kappa shape index (κ2) is 12.2. The van der Waals surface area contributed by atoms with E-state index in [1.165, 1.54) is 0 Å². The number of carbonyl (C=O) groups excluding carboxylic acids is 1. The molecule has 0 aromatic heterocycles. The quantitative estimate of drug-likeness (QED) is 0.432. The monoisotopic (exact) mass is 510 g/mol. The first kappa shape index (κ1) is 25.2. The summed E-state index contributed by atoms with van der Waals surface area (Å²) in [6, 6.07) is 7.24. The van der Waals surface area contributed by atoms with Crippen molar-refractivity contribution in [2.75, 3.05) is 26.4 Å². The van der Waals surface area contributed by atoms with Crippen LogP contribution in [0.2, 0.25) is 5.02 Å². The molecule has 35 heavy (non-hydrogen) atoms. The maximum atomic E-state index is 12.0. The number of rotatable bonds is 10. The molecule has 194 valence electrons. The summed E-state index contributed by atoms with van der Waals surface area (Å²) in [5.41, 5.74) is 0.